The highest BCUT2D eigenvalue weighted by Crippen LogP contribution is 2.29. The molecule has 0 saturated heterocycles. The van der Waals surface area contributed by atoms with Crippen molar-refractivity contribution in [1.29, 1.82) is 0 Å². The van der Waals surface area contributed by atoms with Gasteiger partial charge in [0.05, 0.1) is 7.11 Å². The van der Waals surface area contributed by atoms with Crippen LogP contribution in [0.2, 0.25) is 0 Å². The average Bonchev–Trinajstić information content (AvgIpc) is 2.83. The van der Waals surface area contributed by atoms with Crippen molar-refractivity contribution in [2.45, 2.75) is 6.92 Å². The summed E-state index contributed by atoms with van der Waals surface area (Å²) in [7, 11) is 1.55. The van der Waals surface area contributed by atoms with Gasteiger partial charge >= 0.3 is 5.97 Å². The molecular formula is C28H24O4. The quantitative estimate of drug-likeness (QED) is 0.198. The third-order valence-electron chi connectivity index (χ3n) is 5.07. The molecule has 160 valence electrons. The monoisotopic (exact) mass is 424 g/mol. The molecule has 0 saturated carbocycles. The van der Waals surface area contributed by atoms with Gasteiger partial charge in [-0.2, -0.15) is 0 Å². The van der Waals surface area contributed by atoms with E-state index in [0.717, 1.165) is 16.7 Å². The van der Waals surface area contributed by atoms with Crippen molar-refractivity contribution in [2.75, 3.05) is 13.7 Å². The number of hydrogen-bond donors (Lipinski definition) is 0. The average molecular weight is 424 g/mol. The molecule has 0 aliphatic rings. The zero-order valence-corrected chi connectivity index (χ0v) is 18.1. The molecule has 4 rings (SSSR count). The maximum Gasteiger partial charge on any atom is 0.349 e. The molecule has 0 bridgehead atoms. The van der Waals surface area contributed by atoms with Crippen LogP contribution < -0.4 is 14.2 Å². The van der Waals surface area contributed by atoms with E-state index < -0.39 is 5.97 Å². The van der Waals surface area contributed by atoms with E-state index in [1.54, 1.807) is 13.2 Å². The van der Waals surface area contributed by atoms with Crippen molar-refractivity contribution >= 4 is 28.9 Å². The van der Waals surface area contributed by atoms with Gasteiger partial charge in [0.25, 0.3) is 0 Å². The summed E-state index contributed by atoms with van der Waals surface area (Å²) in [5.74, 6) is 0.956. The molecule has 0 heterocycles. The van der Waals surface area contributed by atoms with Crippen LogP contribution in [0, 0.1) is 6.92 Å². The summed E-state index contributed by atoms with van der Waals surface area (Å²) in [4.78, 5) is 12.2. The van der Waals surface area contributed by atoms with E-state index in [1.807, 2.05) is 67.6 Å². The summed E-state index contributed by atoms with van der Waals surface area (Å²) >= 11 is 0. The van der Waals surface area contributed by atoms with E-state index >= 15 is 0 Å². The number of rotatable bonds is 7. The van der Waals surface area contributed by atoms with Crippen LogP contribution in [0.25, 0.3) is 22.9 Å². The Bertz CT molecular complexity index is 1250. The van der Waals surface area contributed by atoms with E-state index in [0.29, 0.717) is 17.2 Å². The molecule has 0 unspecified atom stereocenters. The van der Waals surface area contributed by atoms with Crippen LogP contribution in [-0.4, -0.2) is 19.7 Å². The smallest absolute Gasteiger partial charge is 0.349 e. The molecule has 4 aromatic rings. The van der Waals surface area contributed by atoms with Crippen molar-refractivity contribution < 1.29 is 19.0 Å². The summed E-state index contributed by atoms with van der Waals surface area (Å²) in [6, 6.07) is 27.4. The summed E-state index contributed by atoms with van der Waals surface area (Å²) < 4.78 is 16.4. The van der Waals surface area contributed by atoms with Crippen molar-refractivity contribution in [3.05, 3.63) is 102 Å². The molecule has 0 N–H and O–H groups in total. The standard InChI is InChI=1S/C28H24O4/c1-20-10-15-24(16-11-20)31-19-28(29)32-26-17-13-21(18-27(26)30-2)12-14-23-8-5-7-22-6-3-4-9-25(22)23/h3-18H,19H2,1-2H3/b14-12+. The first kappa shape index (κ1) is 21.2. The normalized spacial score (nSPS) is 10.9. The van der Waals surface area contributed by atoms with Gasteiger partial charge in [-0.3, -0.25) is 0 Å². The molecule has 0 aliphatic carbocycles. The summed E-state index contributed by atoms with van der Waals surface area (Å²) in [6.45, 7) is 1.81. The second-order valence-electron chi connectivity index (χ2n) is 7.39. The minimum atomic E-state index is -0.497. The van der Waals surface area contributed by atoms with E-state index in [-0.39, 0.29) is 6.61 Å². The number of carbonyl (C=O) groups excluding carboxylic acids is 1. The zero-order chi connectivity index (χ0) is 22.3. The molecule has 4 heteroatoms. The van der Waals surface area contributed by atoms with E-state index in [9.17, 15) is 4.79 Å². The Balaban J connectivity index is 1.44. The Hall–Kier alpha value is -4.05. The minimum Gasteiger partial charge on any atom is -0.493 e. The lowest BCUT2D eigenvalue weighted by Gasteiger charge is -2.11. The van der Waals surface area contributed by atoms with Gasteiger partial charge in [0.15, 0.2) is 18.1 Å². The number of hydrogen-bond acceptors (Lipinski definition) is 4. The summed E-state index contributed by atoms with van der Waals surface area (Å²) in [5, 5.41) is 2.39. The van der Waals surface area contributed by atoms with Gasteiger partial charge in [0.2, 0.25) is 0 Å². The molecule has 0 spiro atoms. The molecule has 0 aromatic heterocycles. The molecular weight excluding hydrogens is 400 g/mol. The number of fused-ring (bicyclic) bond motifs is 1. The Labute approximate surface area is 187 Å². The molecule has 0 amide bonds. The molecule has 0 radical (unpaired) electrons. The van der Waals surface area contributed by atoms with E-state index in [4.69, 9.17) is 14.2 Å². The first-order valence-electron chi connectivity index (χ1n) is 10.4. The van der Waals surface area contributed by atoms with Gasteiger partial charge < -0.3 is 14.2 Å². The molecule has 0 aliphatic heterocycles. The maximum atomic E-state index is 12.2. The summed E-state index contributed by atoms with van der Waals surface area (Å²) in [5.41, 5.74) is 3.19. The highest BCUT2D eigenvalue weighted by atomic mass is 16.6. The topological polar surface area (TPSA) is 44.8 Å². The SMILES string of the molecule is COc1cc(/C=C/c2cccc3ccccc23)ccc1OC(=O)COc1ccc(C)cc1. The van der Waals surface area contributed by atoms with E-state index in [2.05, 4.69) is 30.3 Å². The number of carbonyl (C=O) groups is 1. The lowest BCUT2D eigenvalue weighted by Crippen LogP contribution is -2.18. The third-order valence-corrected chi connectivity index (χ3v) is 5.07. The molecule has 4 nitrogen and oxygen atoms in total. The van der Waals surface area contributed by atoms with Gasteiger partial charge in [0, 0.05) is 0 Å². The predicted molar refractivity (Wildman–Crippen MR) is 128 cm³/mol. The molecule has 0 fully saturated rings. The van der Waals surface area contributed by atoms with Crippen molar-refractivity contribution in [3.8, 4) is 17.2 Å². The zero-order valence-electron chi connectivity index (χ0n) is 18.1. The molecule has 32 heavy (non-hydrogen) atoms. The second kappa shape index (κ2) is 9.84. The fraction of sp³-hybridized carbons (Fsp3) is 0.107. The van der Waals surface area contributed by atoms with Gasteiger partial charge in [-0.1, -0.05) is 78.4 Å². The Morgan fingerprint density at radius 1 is 0.844 bits per heavy atom. The largest absolute Gasteiger partial charge is 0.493 e. The van der Waals surface area contributed by atoms with Gasteiger partial charge in [-0.15, -0.1) is 0 Å². The lowest BCUT2D eigenvalue weighted by molar-refractivity contribution is -0.136. The van der Waals surface area contributed by atoms with Gasteiger partial charge in [0.1, 0.15) is 5.75 Å². The predicted octanol–water partition coefficient (Wildman–Crippen LogP) is 6.31. The number of methoxy groups -OCH3 is 1. The Morgan fingerprint density at radius 3 is 2.44 bits per heavy atom. The first-order chi connectivity index (χ1) is 15.6. The van der Waals surface area contributed by atoms with Crippen LogP contribution in [0.3, 0.4) is 0 Å². The minimum absolute atomic E-state index is 0.186. The lowest BCUT2D eigenvalue weighted by atomic mass is 10.0. The van der Waals surface area contributed by atoms with Crippen LogP contribution in [0.4, 0.5) is 0 Å². The van der Waals surface area contributed by atoms with Gasteiger partial charge in [-0.05, 0) is 53.1 Å². The maximum absolute atomic E-state index is 12.2. The second-order valence-corrected chi connectivity index (χ2v) is 7.39. The van der Waals surface area contributed by atoms with Crippen molar-refractivity contribution in [2.24, 2.45) is 0 Å². The fourth-order valence-corrected chi connectivity index (χ4v) is 3.38. The van der Waals surface area contributed by atoms with Crippen LogP contribution in [0.15, 0.2) is 84.9 Å². The number of aryl methyl sites for hydroxylation is 1. The van der Waals surface area contributed by atoms with Crippen LogP contribution in [-0.2, 0) is 4.79 Å². The third kappa shape index (κ3) is 5.16. The number of esters is 1. The van der Waals surface area contributed by atoms with Crippen molar-refractivity contribution in [3.63, 3.8) is 0 Å². The Kier molecular flexibility index (Phi) is 6.52. The van der Waals surface area contributed by atoms with Crippen molar-refractivity contribution in [1.82, 2.24) is 0 Å². The number of benzene rings is 4. The van der Waals surface area contributed by atoms with Crippen LogP contribution >= 0.6 is 0 Å². The van der Waals surface area contributed by atoms with Crippen LogP contribution in [0.5, 0.6) is 17.2 Å². The van der Waals surface area contributed by atoms with E-state index in [1.165, 1.54) is 10.8 Å². The number of ether oxygens (including phenoxy) is 3. The highest BCUT2D eigenvalue weighted by Gasteiger charge is 2.11. The molecule has 4 aromatic carbocycles. The summed E-state index contributed by atoms with van der Waals surface area (Å²) in [6.07, 6.45) is 4.08. The molecule has 0 atom stereocenters. The Morgan fingerprint density at radius 2 is 1.62 bits per heavy atom. The highest BCUT2D eigenvalue weighted by molar-refractivity contribution is 5.92. The van der Waals surface area contributed by atoms with Crippen LogP contribution in [0.1, 0.15) is 16.7 Å². The fourth-order valence-electron chi connectivity index (χ4n) is 3.38. The van der Waals surface area contributed by atoms with Gasteiger partial charge in [-0.25, -0.2) is 4.79 Å². The first-order valence-corrected chi connectivity index (χ1v) is 10.4.